The molecule has 7 nitrogen and oxygen atoms in total. The van der Waals surface area contributed by atoms with E-state index < -0.39 is 10.1 Å². The van der Waals surface area contributed by atoms with Crippen LogP contribution in [-0.2, 0) is 14.9 Å². The molecule has 1 atom stereocenters. The highest BCUT2D eigenvalue weighted by Gasteiger charge is 2.12. The molecule has 2 rings (SSSR count). The van der Waals surface area contributed by atoms with Crippen molar-refractivity contribution in [1.82, 2.24) is 4.98 Å². The van der Waals surface area contributed by atoms with Gasteiger partial charge in [0.05, 0.1) is 24.2 Å². The molecular weight excluding hydrogens is 340 g/mol. The average molecular weight is 358 g/mol. The predicted molar refractivity (Wildman–Crippen MR) is 87.0 cm³/mol. The van der Waals surface area contributed by atoms with Crippen molar-refractivity contribution in [2.75, 3.05) is 7.11 Å². The Bertz CT molecular complexity index is 752. The molecule has 0 aliphatic heterocycles. The SMILES string of the molecule is COC(=O)c1cnc([C@@H](C)N)s1.Cc1ccc(S(=O)(=O)O)cc1. The molecule has 0 saturated heterocycles. The number of thiazole rings is 1. The number of carbonyl (C=O) groups excluding carboxylic acids is 1. The summed E-state index contributed by atoms with van der Waals surface area (Å²) in [6.07, 6.45) is 1.48. The van der Waals surface area contributed by atoms with Crippen LogP contribution in [0.4, 0.5) is 0 Å². The molecule has 0 saturated carbocycles. The number of esters is 1. The summed E-state index contributed by atoms with van der Waals surface area (Å²) in [5, 5.41) is 0.746. The van der Waals surface area contributed by atoms with Crippen molar-refractivity contribution in [3.8, 4) is 0 Å². The molecule has 0 fully saturated rings. The standard InChI is InChI=1S/C7H10N2O2S.C7H8O3S/c1-4(8)6-9-3-5(12-6)7(10)11-2;1-6-2-4-7(5-3-6)11(8,9)10/h3-4H,8H2,1-2H3;2-5H,1H3,(H,8,9,10)/t4-;/m1./s1. The van der Waals surface area contributed by atoms with Gasteiger partial charge in [0.25, 0.3) is 10.1 Å². The van der Waals surface area contributed by atoms with Crippen LogP contribution < -0.4 is 5.73 Å². The minimum atomic E-state index is -4.02. The van der Waals surface area contributed by atoms with E-state index in [0.717, 1.165) is 10.6 Å². The lowest BCUT2D eigenvalue weighted by atomic mass is 10.2. The summed E-state index contributed by atoms with van der Waals surface area (Å²) in [6.45, 7) is 3.66. The largest absolute Gasteiger partial charge is 0.465 e. The zero-order valence-electron chi connectivity index (χ0n) is 12.9. The van der Waals surface area contributed by atoms with E-state index in [2.05, 4.69) is 9.72 Å². The van der Waals surface area contributed by atoms with Gasteiger partial charge >= 0.3 is 5.97 Å². The fourth-order valence-corrected chi connectivity index (χ4v) is 2.67. The number of hydrogen-bond acceptors (Lipinski definition) is 7. The van der Waals surface area contributed by atoms with Crippen molar-refractivity contribution in [3.05, 3.63) is 45.9 Å². The second-order valence-corrected chi connectivity index (χ2v) is 7.11. The van der Waals surface area contributed by atoms with Gasteiger partial charge in [0.1, 0.15) is 9.88 Å². The molecule has 0 bridgehead atoms. The van der Waals surface area contributed by atoms with E-state index in [1.807, 2.05) is 13.8 Å². The van der Waals surface area contributed by atoms with E-state index in [4.69, 9.17) is 10.3 Å². The fraction of sp³-hybridized carbons (Fsp3) is 0.286. The highest BCUT2D eigenvalue weighted by atomic mass is 32.2. The number of aromatic nitrogens is 1. The zero-order chi connectivity index (χ0) is 17.6. The molecule has 0 unspecified atom stereocenters. The van der Waals surface area contributed by atoms with E-state index >= 15 is 0 Å². The van der Waals surface area contributed by atoms with Crippen LogP contribution >= 0.6 is 11.3 Å². The van der Waals surface area contributed by atoms with Crippen molar-refractivity contribution in [3.63, 3.8) is 0 Å². The maximum absolute atomic E-state index is 11.0. The van der Waals surface area contributed by atoms with Gasteiger partial charge in [0.15, 0.2) is 0 Å². The van der Waals surface area contributed by atoms with Crippen LogP contribution in [0, 0.1) is 6.92 Å². The van der Waals surface area contributed by atoms with Crippen molar-refractivity contribution < 1.29 is 22.5 Å². The number of hydrogen-bond donors (Lipinski definition) is 2. The Balaban J connectivity index is 0.000000231. The van der Waals surface area contributed by atoms with Gasteiger partial charge in [-0.15, -0.1) is 11.3 Å². The van der Waals surface area contributed by atoms with Crippen LogP contribution in [0.1, 0.15) is 33.2 Å². The molecule has 126 valence electrons. The van der Waals surface area contributed by atoms with Gasteiger partial charge in [-0.2, -0.15) is 8.42 Å². The van der Waals surface area contributed by atoms with Crippen molar-refractivity contribution in [1.29, 1.82) is 0 Å². The summed E-state index contributed by atoms with van der Waals surface area (Å²) >= 11 is 1.26. The minimum Gasteiger partial charge on any atom is -0.465 e. The number of rotatable bonds is 3. The normalized spacial score (nSPS) is 12.0. The maximum Gasteiger partial charge on any atom is 0.349 e. The minimum absolute atomic E-state index is 0.0666. The molecule has 23 heavy (non-hydrogen) atoms. The van der Waals surface area contributed by atoms with Crippen LogP contribution in [0.5, 0.6) is 0 Å². The lowest BCUT2D eigenvalue weighted by Gasteiger charge is -1.96. The summed E-state index contributed by atoms with van der Waals surface area (Å²) < 4.78 is 34.1. The van der Waals surface area contributed by atoms with Gasteiger partial charge in [-0.25, -0.2) is 9.78 Å². The molecule has 2 aromatic rings. The molecule has 1 heterocycles. The Morgan fingerprint density at radius 2 is 1.91 bits per heavy atom. The fourth-order valence-electron chi connectivity index (χ4n) is 1.40. The van der Waals surface area contributed by atoms with Gasteiger partial charge in [-0.05, 0) is 26.0 Å². The van der Waals surface area contributed by atoms with Gasteiger partial charge in [0.2, 0.25) is 0 Å². The summed E-state index contributed by atoms with van der Waals surface area (Å²) in [5.74, 6) is -0.362. The third kappa shape index (κ3) is 6.06. The first-order chi connectivity index (χ1) is 10.6. The molecule has 9 heteroatoms. The first kappa shape index (κ1) is 19.2. The number of methoxy groups -OCH3 is 1. The molecule has 3 N–H and O–H groups in total. The predicted octanol–water partition coefficient (Wildman–Crippen LogP) is 2.19. The lowest BCUT2D eigenvalue weighted by molar-refractivity contribution is 0.0606. The topological polar surface area (TPSA) is 120 Å². The Kier molecular flexibility index (Phi) is 6.82. The maximum atomic E-state index is 11.0. The Labute approximate surface area is 138 Å². The molecular formula is C14H18N2O5S2. The summed E-state index contributed by atoms with van der Waals surface area (Å²) in [7, 11) is -2.68. The highest BCUT2D eigenvalue weighted by Crippen LogP contribution is 2.18. The molecule has 0 radical (unpaired) electrons. The van der Waals surface area contributed by atoms with Crippen LogP contribution in [0.2, 0.25) is 0 Å². The molecule has 1 aromatic heterocycles. The second-order valence-electron chi connectivity index (χ2n) is 4.63. The third-order valence-corrected chi connectivity index (χ3v) is 4.66. The number of aryl methyl sites for hydroxylation is 1. The van der Waals surface area contributed by atoms with Crippen LogP contribution in [0.3, 0.4) is 0 Å². The Morgan fingerprint density at radius 1 is 1.35 bits per heavy atom. The first-order valence-electron chi connectivity index (χ1n) is 6.49. The number of ether oxygens (including phenoxy) is 1. The smallest absolute Gasteiger partial charge is 0.349 e. The van der Waals surface area contributed by atoms with Crippen molar-refractivity contribution in [2.45, 2.75) is 24.8 Å². The number of carbonyl (C=O) groups is 1. The van der Waals surface area contributed by atoms with E-state index in [0.29, 0.717) is 4.88 Å². The quantitative estimate of drug-likeness (QED) is 0.637. The summed E-state index contributed by atoms with van der Waals surface area (Å²) in [6, 6.07) is 5.86. The number of benzene rings is 1. The van der Waals surface area contributed by atoms with Crippen LogP contribution in [-0.4, -0.2) is 31.0 Å². The molecule has 0 spiro atoms. The van der Waals surface area contributed by atoms with Gasteiger partial charge in [-0.1, -0.05) is 17.7 Å². The summed E-state index contributed by atoms with van der Waals surface area (Å²) in [4.78, 5) is 15.4. The Morgan fingerprint density at radius 3 is 2.30 bits per heavy atom. The number of nitrogens with two attached hydrogens (primary N) is 1. The number of nitrogens with zero attached hydrogens (tertiary/aromatic N) is 1. The van der Waals surface area contributed by atoms with Gasteiger partial charge < -0.3 is 10.5 Å². The first-order valence-corrected chi connectivity index (χ1v) is 8.74. The molecule has 1 aromatic carbocycles. The lowest BCUT2D eigenvalue weighted by Crippen LogP contribution is -2.03. The molecule has 0 aliphatic rings. The zero-order valence-corrected chi connectivity index (χ0v) is 14.5. The van der Waals surface area contributed by atoms with Gasteiger partial charge in [-0.3, -0.25) is 4.55 Å². The van der Waals surface area contributed by atoms with Gasteiger partial charge in [0, 0.05) is 0 Å². The second kappa shape index (κ2) is 8.16. The summed E-state index contributed by atoms with van der Waals surface area (Å²) in [5.41, 5.74) is 6.52. The van der Waals surface area contributed by atoms with Crippen LogP contribution in [0.15, 0.2) is 35.4 Å². The average Bonchev–Trinajstić information content (AvgIpc) is 2.96. The molecule has 0 aliphatic carbocycles. The Hall–Kier alpha value is -1.81. The van der Waals surface area contributed by atoms with E-state index in [1.165, 1.54) is 36.8 Å². The highest BCUT2D eigenvalue weighted by molar-refractivity contribution is 7.85. The van der Waals surface area contributed by atoms with Crippen molar-refractivity contribution >= 4 is 27.4 Å². The molecule has 0 amide bonds. The third-order valence-electron chi connectivity index (χ3n) is 2.62. The monoisotopic (exact) mass is 358 g/mol. The van der Waals surface area contributed by atoms with Crippen LogP contribution in [0.25, 0.3) is 0 Å². The van der Waals surface area contributed by atoms with E-state index in [-0.39, 0.29) is 16.9 Å². The van der Waals surface area contributed by atoms with Crippen molar-refractivity contribution in [2.24, 2.45) is 5.73 Å². The van der Waals surface area contributed by atoms with E-state index in [1.54, 1.807) is 12.1 Å². The van der Waals surface area contributed by atoms with E-state index in [9.17, 15) is 13.2 Å².